The van der Waals surface area contributed by atoms with Gasteiger partial charge in [0.15, 0.2) is 10.2 Å². The molecule has 0 spiro atoms. The number of esters is 1. The lowest BCUT2D eigenvalue weighted by Gasteiger charge is -2.25. The first kappa shape index (κ1) is 22.4. The van der Waals surface area contributed by atoms with Crippen molar-refractivity contribution < 1.29 is 13.9 Å². The third kappa shape index (κ3) is 5.14. The van der Waals surface area contributed by atoms with Gasteiger partial charge in [-0.25, -0.2) is 0 Å². The number of nitrogens with one attached hydrogen (secondary N) is 1. The fraction of sp³-hybridized carbons (Fsp3) is 0.292. The molecule has 6 nitrogen and oxygen atoms in total. The second-order valence-electron chi connectivity index (χ2n) is 7.57. The molecule has 3 aromatic rings. The van der Waals surface area contributed by atoms with Crippen LogP contribution in [0.15, 0.2) is 75.2 Å². The summed E-state index contributed by atoms with van der Waals surface area (Å²) in [4.78, 5) is 19.3. The maximum Gasteiger partial charge on any atom is 0.305 e. The van der Waals surface area contributed by atoms with Gasteiger partial charge < -0.3 is 19.4 Å². The number of furan rings is 1. The molecule has 0 saturated carbocycles. The highest BCUT2D eigenvalue weighted by atomic mass is 32.2. The van der Waals surface area contributed by atoms with E-state index >= 15 is 0 Å². The van der Waals surface area contributed by atoms with E-state index in [1.54, 1.807) is 18.0 Å². The Morgan fingerprint density at radius 2 is 2.03 bits per heavy atom. The van der Waals surface area contributed by atoms with Gasteiger partial charge in [-0.2, -0.15) is 0 Å². The number of pyridine rings is 1. The van der Waals surface area contributed by atoms with Crippen LogP contribution in [-0.4, -0.2) is 34.6 Å². The molecule has 1 aliphatic heterocycles. The molecule has 32 heavy (non-hydrogen) atoms. The number of hydrogen-bond donors (Lipinski definition) is 1. The number of thiocarbonyl (C=S) groups is 1. The van der Waals surface area contributed by atoms with E-state index in [2.05, 4.69) is 46.4 Å². The van der Waals surface area contributed by atoms with Crippen LogP contribution in [0.4, 0.5) is 0 Å². The Bertz CT molecular complexity index is 1070. The van der Waals surface area contributed by atoms with Gasteiger partial charge in [0.1, 0.15) is 11.8 Å². The standard InChI is InChI=1S/C24H25N3O3S2/c1-16-8-10-17(11-9-16)32-21-13-12-19(30-21)23-22(18-6-3-4-14-25-18)26-24(31)27(23)15-5-7-20(28)29-2/h3-4,6,8-14,22-23H,5,7,15H2,1-2H3,(H,26,31)/t22-,23-/m1/s1. The molecular weight excluding hydrogens is 442 g/mol. The summed E-state index contributed by atoms with van der Waals surface area (Å²) in [6.45, 7) is 2.68. The smallest absolute Gasteiger partial charge is 0.305 e. The number of benzene rings is 1. The van der Waals surface area contributed by atoms with E-state index in [-0.39, 0.29) is 18.1 Å². The molecule has 1 aliphatic rings. The molecule has 1 saturated heterocycles. The van der Waals surface area contributed by atoms with Crippen LogP contribution in [-0.2, 0) is 9.53 Å². The third-order valence-electron chi connectivity index (χ3n) is 5.34. The molecule has 0 aliphatic carbocycles. The SMILES string of the molecule is COC(=O)CCCN1C(=S)N[C@H](c2ccccn2)[C@H]1c1ccc(Sc2ccc(C)cc2)o1. The number of carbonyl (C=O) groups is 1. The number of hydrogen-bond acceptors (Lipinski definition) is 6. The van der Waals surface area contributed by atoms with E-state index in [1.165, 1.54) is 12.7 Å². The Balaban J connectivity index is 1.58. The number of rotatable bonds is 8. The van der Waals surface area contributed by atoms with E-state index in [0.717, 1.165) is 21.4 Å². The van der Waals surface area contributed by atoms with Gasteiger partial charge in [-0.15, -0.1) is 0 Å². The van der Waals surface area contributed by atoms with E-state index in [0.29, 0.717) is 24.5 Å². The largest absolute Gasteiger partial charge is 0.469 e. The predicted octanol–water partition coefficient (Wildman–Crippen LogP) is 5.06. The van der Waals surface area contributed by atoms with Gasteiger partial charge in [-0.3, -0.25) is 9.78 Å². The van der Waals surface area contributed by atoms with E-state index in [4.69, 9.17) is 21.4 Å². The number of nitrogens with zero attached hydrogens (tertiary/aromatic N) is 2. The Morgan fingerprint density at radius 1 is 1.22 bits per heavy atom. The number of aromatic nitrogens is 1. The van der Waals surface area contributed by atoms with Crippen LogP contribution in [0.3, 0.4) is 0 Å². The quantitative estimate of drug-likeness (QED) is 0.364. The Morgan fingerprint density at radius 3 is 2.75 bits per heavy atom. The molecule has 0 amide bonds. The van der Waals surface area contributed by atoms with Crippen LogP contribution in [0.25, 0.3) is 0 Å². The van der Waals surface area contributed by atoms with Crippen LogP contribution < -0.4 is 5.32 Å². The molecule has 1 fully saturated rings. The third-order valence-corrected chi connectivity index (χ3v) is 6.62. The maximum absolute atomic E-state index is 11.6. The van der Waals surface area contributed by atoms with Gasteiger partial charge in [-0.05, 0) is 62.0 Å². The second-order valence-corrected chi connectivity index (χ2v) is 9.04. The lowest BCUT2D eigenvalue weighted by Crippen LogP contribution is -2.30. The Labute approximate surface area is 197 Å². The molecule has 4 rings (SSSR count). The minimum Gasteiger partial charge on any atom is -0.469 e. The van der Waals surface area contributed by atoms with Gasteiger partial charge in [0, 0.05) is 24.1 Å². The van der Waals surface area contributed by atoms with Crippen molar-refractivity contribution in [3.8, 4) is 0 Å². The average Bonchev–Trinajstić information content (AvgIpc) is 3.40. The highest BCUT2D eigenvalue weighted by molar-refractivity contribution is 7.99. The molecule has 166 valence electrons. The van der Waals surface area contributed by atoms with E-state index in [9.17, 15) is 4.79 Å². The molecule has 1 N–H and O–H groups in total. The zero-order valence-electron chi connectivity index (χ0n) is 18.0. The van der Waals surface area contributed by atoms with Crippen molar-refractivity contribution >= 4 is 35.1 Å². The lowest BCUT2D eigenvalue weighted by molar-refractivity contribution is -0.140. The van der Waals surface area contributed by atoms with Crippen LogP contribution >= 0.6 is 24.0 Å². The van der Waals surface area contributed by atoms with Gasteiger partial charge in [0.2, 0.25) is 0 Å². The molecule has 0 bridgehead atoms. The first-order chi connectivity index (χ1) is 15.5. The summed E-state index contributed by atoms with van der Waals surface area (Å²) in [6.07, 6.45) is 2.74. The monoisotopic (exact) mass is 467 g/mol. The highest BCUT2D eigenvalue weighted by Crippen LogP contribution is 2.41. The van der Waals surface area contributed by atoms with Crippen molar-refractivity contribution in [3.05, 3.63) is 77.8 Å². The van der Waals surface area contributed by atoms with Crippen molar-refractivity contribution in [2.24, 2.45) is 0 Å². The fourth-order valence-corrected chi connectivity index (χ4v) is 4.83. The number of aryl methyl sites for hydroxylation is 1. The predicted molar refractivity (Wildman–Crippen MR) is 127 cm³/mol. The normalized spacial score (nSPS) is 17.9. The van der Waals surface area contributed by atoms with Gasteiger partial charge in [0.25, 0.3) is 0 Å². The van der Waals surface area contributed by atoms with Crippen molar-refractivity contribution in [2.75, 3.05) is 13.7 Å². The number of ether oxygens (including phenoxy) is 1. The summed E-state index contributed by atoms with van der Waals surface area (Å²) in [5.41, 5.74) is 2.11. The summed E-state index contributed by atoms with van der Waals surface area (Å²) < 4.78 is 11.1. The van der Waals surface area contributed by atoms with E-state index in [1.807, 2.05) is 30.3 Å². The summed E-state index contributed by atoms with van der Waals surface area (Å²) >= 11 is 7.23. The maximum atomic E-state index is 11.6. The minimum atomic E-state index is -0.226. The molecular formula is C24H25N3O3S2. The van der Waals surface area contributed by atoms with Gasteiger partial charge in [-0.1, -0.05) is 35.5 Å². The highest BCUT2D eigenvalue weighted by Gasteiger charge is 2.41. The first-order valence-corrected chi connectivity index (χ1v) is 11.7. The Kier molecular flexibility index (Phi) is 7.12. The summed E-state index contributed by atoms with van der Waals surface area (Å²) in [6, 6.07) is 17.9. The molecule has 0 unspecified atom stereocenters. The van der Waals surface area contributed by atoms with Crippen molar-refractivity contribution in [1.82, 2.24) is 15.2 Å². The second kappa shape index (κ2) is 10.2. The molecule has 2 atom stereocenters. The summed E-state index contributed by atoms with van der Waals surface area (Å²) in [5.74, 6) is 0.580. The van der Waals surface area contributed by atoms with Gasteiger partial charge >= 0.3 is 5.97 Å². The number of methoxy groups -OCH3 is 1. The average molecular weight is 468 g/mol. The van der Waals surface area contributed by atoms with Crippen LogP contribution in [0.1, 0.15) is 41.9 Å². The van der Waals surface area contributed by atoms with Gasteiger partial charge in [0.05, 0.1) is 18.8 Å². The van der Waals surface area contributed by atoms with Crippen LogP contribution in [0.5, 0.6) is 0 Å². The first-order valence-electron chi connectivity index (χ1n) is 10.4. The number of carbonyl (C=O) groups excluding carboxylic acids is 1. The fourth-order valence-electron chi connectivity index (χ4n) is 3.72. The summed E-state index contributed by atoms with van der Waals surface area (Å²) in [7, 11) is 1.40. The molecule has 1 aromatic carbocycles. The molecule has 8 heteroatoms. The van der Waals surface area contributed by atoms with Crippen molar-refractivity contribution in [2.45, 2.75) is 41.8 Å². The minimum absolute atomic E-state index is 0.148. The summed E-state index contributed by atoms with van der Waals surface area (Å²) in [5, 5.41) is 4.84. The lowest BCUT2D eigenvalue weighted by atomic mass is 10.0. The zero-order chi connectivity index (χ0) is 22.5. The van der Waals surface area contributed by atoms with E-state index < -0.39 is 0 Å². The molecule has 0 radical (unpaired) electrons. The molecule has 2 aromatic heterocycles. The van der Waals surface area contributed by atoms with Crippen molar-refractivity contribution in [3.63, 3.8) is 0 Å². The van der Waals surface area contributed by atoms with Crippen LogP contribution in [0.2, 0.25) is 0 Å². The van der Waals surface area contributed by atoms with Crippen LogP contribution in [0, 0.1) is 6.92 Å². The topological polar surface area (TPSA) is 67.6 Å². The zero-order valence-corrected chi connectivity index (χ0v) is 19.6. The Hall–Kier alpha value is -2.84. The molecule has 3 heterocycles. The van der Waals surface area contributed by atoms with Crippen molar-refractivity contribution in [1.29, 1.82) is 0 Å².